The maximum absolute atomic E-state index is 6.18. The summed E-state index contributed by atoms with van der Waals surface area (Å²) in [4.78, 5) is 3.51. The Labute approximate surface area is 125 Å². The first-order chi connectivity index (χ1) is 9.20. The lowest BCUT2D eigenvalue weighted by Crippen LogP contribution is -2.26. The van der Waals surface area contributed by atoms with E-state index in [0.717, 1.165) is 41.3 Å². The van der Waals surface area contributed by atoms with Gasteiger partial charge in [0.15, 0.2) is 0 Å². The highest BCUT2D eigenvalue weighted by Gasteiger charge is 2.21. The van der Waals surface area contributed by atoms with Crippen LogP contribution >= 0.6 is 27.5 Å². The first kappa shape index (κ1) is 13.3. The number of fused-ring (bicyclic) bond motifs is 1. The van der Waals surface area contributed by atoms with Crippen molar-refractivity contribution in [3.8, 4) is 5.75 Å². The molecule has 1 fully saturated rings. The molecule has 19 heavy (non-hydrogen) atoms. The van der Waals surface area contributed by atoms with Gasteiger partial charge in [-0.3, -0.25) is 0 Å². The number of rotatable bonds is 2. The van der Waals surface area contributed by atoms with Gasteiger partial charge in [-0.1, -0.05) is 11.6 Å². The molecule has 102 valence electrons. The highest BCUT2D eigenvalue weighted by atomic mass is 79.9. The van der Waals surface area contributed by atoms with E-state index in [0.29, 0.717) is 16.7 Å². The Morgan fingerprint density at radius 3 is 2.74 bits per heavy atom. The molecule has 0 bridgehead atoms. The molecule has 3 rings (SSSR count). The molecule has 0 radical (unpaired) electrons. The third kappa shape index (κ3) is 2.37. The predicted octanol–water partition coefficient (Wildman–Crippen LogP) is 4.06. The normalized spacial score (nSPS) is 17.0. The van der Waals surface area contributed by atoms with Crippen molar-refractivity contribution >= 4 is 38.4 Å². The summed E-state index contributed by atoms with van der Waals surface area (Å²) >= 11 is 9.91. The Kier molecular flexibility index (Phi) is 3.74. The van der Waals surface area contributed by atoms with Crippen LogP contribution in [0, 0.1) is 0 Å². The van der Waals surface area contributed by atoms with E-state index in [-0.39, 0.29) is 0 Å². The zero-order valence-corrected chi connectivity index (χ0v) is 13.1. The third-order valence-electron chi connectivity index (χ3n) is 3.78. The number of piperidine rings is 1. The van der Waals surface area contributed by atoms with E-state index in [1.165, 1.54) is 5.69 Å². The fourth-order valence-electron chi connectivity index (χ4n) is 2.73. The standard InChI is InChI=1S/C14H16BrClN2O/c1-19-12-6-9-11(7-10(12)16)18-14(13(9)15)8-2-4-17-5-3-8/h6-8,17-18H,2-5H2,1H3. The number of hydrogen-bond acceptors (Lipinski definition) is 2. The fraction of sp³-hybridized carbons (Fsp3) is 0.429. The molecule has 1 aliphatic rings. The Bertz CT molecular complexity index is 605. The first-order valence-corrected chi connectivity index (χ1v) is 7.63. The van der Waals surface area contributed by atoms with Crippen LogP contribution in [0.1, 0.15) is 24.5 Å². The first-order valence-electron chi connectivity index (χ1n) is 6.46. The SMILES string of the molecule is COc1cc2c(Br)c(C3CCNCC3)[nH]c2cc1Cl. The lowest BCUT2D eigenvalue weighted by atomic mass is 9.95. The van der Waals surface area contributed by atoms with Gasteiger partial charge in [-0.05, 0) is 54.0 Å². The Balaban J connectivity index is 2.08. The summed E-state index contributed by atoms with van der Waals surface area (Å²) in [5.74, 6) is 1.29. The quantitative estimate of drug-likeness (QED) is 0.863. The molecule has 2 aromatic rings. The van der Waals surface area contributed by atoms with E-state index in [1.54, 1.807) is 7.11 Å². The summed E-state index contributed by atoms with van der Waals surface area (Å²) < 4.78 is 6.43. The minimum atomic E-state index is 0.577. The number of aromatic amines is 1. The number of benzene rings is 1. The summed E-state index contributed by atoms with van der Waals surface area (Å²) in [7, 11) is 1.64. The summed E-state index contributed by atoms with van der Waals surface area (Å²) in [6.07, 6.45) is 2.33. The Morgan fingerprint density at radius 1 is 1.32 bits per heavy atom. The van der Waals surface area contributed by atoms with Crippen LogP contribution in [-0.4, -0.2) is 25.2 Å². The van der Waals surface area contributed by atoms with Crippen LogP contribution in [0.4, 0.5) is 0 Å². The van der Waals surface area contributed by atoms with Crippen LogP contribution in [-0.2, 0) is 0 Å². The third-order valence-corrected chi connectivity index (χ3v) is 4.93. The van der Waals surface area contributed by atoms with Crippen molar-refractivity contribution in [2.24, 2.45) is 0 Å². The molecule has 0 spiro atoms. The van der Waals surface area contributed by atoms with E-state index < -0.39 is 0 Å². The molecule has 1 aromatic heterocycles. The molecule has 3 nitrogen and oxygen atoms in total. The largest absolute Gasteiger partial charge is 0.495 e. The van der Waals surface area contributed by atoms with Gasteiger partial charge in [0.25, 0.3) is 0 Å². The second-order valence-corrected chi connectivity index (χ2v) is 6.11. The molecule has 0 unspecified atom stereocenters. The van der Waals surface area contributed by atoms with Gasteiger partial charge >= 0.3 is 0 Å². The van der Waals surface area contributed by atoms with Gasteiger partial charge in [0.1, 0.15) is 5.75 Å². The topological polar surface area (TPSA) is 37.0 Å². The summed E-state index contributed by atoms with van der Waals surface area (Å²) in [5, 5.41) is 5.17. The van der Waals surface area contributed by atoms with Crippen molar-refractivity contribution in [1.82, 2.24) is 10.3 Å². The van der Waals surface area contributed by atoms with Gasteiger partial charge in [-0.15, -0.1) is 0 Å². The molecule has 0 amide bonds. The maximum Gasteiger partial charge on any atom is 0.138 e. The van der Waals surface area contributed by atoms with Gasteiger partial charge in [-0.25, -0.2) is 0 Å². The van der Waals surface area contributed by atoms with Crippen LogP contribution in [0.2, 0.25) is 5.02 Å². The number of aromatic nitrogens is 1. The molecule has 1 saturated heterocycles. The predicted molar refractivity (Wildman–Crippen MR) is 82.4 cm³/mol. The number of methoxy groups -OCH3 is 1. The van der Waals surface area contributed by atoms with Crippen molar-refractivity contribution in [3.63, 3.8) is 0 Å². The van der Waals surface area contributed by atoms with Gasteiger partial charge in [-0.2, -0.15) is 0 Å². The van der Waals surface area contributed by atoms with Crippen LogP contribution < -0.4 is 10.1 Å². The minimum absolute atomic E-state index is 0.577. The highest BCUT2D eigenvalue weighted by Crippen LogP contribution is 2.39. The summed E-state index contributed by atoms with van der Waals surface area (Å²) in [5.41, 5.74) is 2.34. The van der Waals surface area contributed by atoms with Gasteiger partial charge < -0.3 is 15.0 Å². The van der Waals surface area contributed by atoms with Crippen molar-refractivity contribution in [2.45, 2.75) is 18.8 Å². The van der Waals surface area contributed by atoms with Crippen molar-refractivity contribution < 1.29 is 4.74 Å². The van der Waals surface area contributed by atoms with Gasteiger partial charge in [0, 0.05) is 27.0 Å². The monoisotopic (exact) mass is 342 g/mol. The number of H-pyrrole nitrogens is 1. The molecule has 0 aliphatic carbocycles. The van der Waals surface area contributed by atoms with E-state index in [1.807, 2.05) is 12.1 Å². The Hall–Kier alpha value is -0.710. The van der Waals surface area contributed by atoms with Crippen LogP contribution in [0.15, 0.2) is 16.6 Å². The number of hydrogen-bond donors (Lipinski definition) is 2. The molecular weight excluding hydrogens is 328 g/mol. The van der Waals surface area contributed by atoms with Crippen LogP contribution in [0.5, 0.6) is 5.75 Å². The zero-order valence-electron chi connectivity index (χ0n) is 10.7. The molecule has 0 atom stereocenters. The molecular formula is C14H16BrClN2O. The van der Waals surface area contributed by atoms with Crippen molar-refractivity contribution in [2.75, 3.05) is 20.2 Å². The van der Waals surface area contributed by atoms with Crippen LogP contribution in [0.25, 0.3) is 10.9 Å². The average Bonchev–Trinajstić information content (AvgIpc) is 2.75. The Morgan fingerprint density at radius 2 is 2.05 bits per heavy atom. The minimum Gasteiger partial charge on any atom is -0.495 e. The molecule has 5 heteroatoms. The molecule has 2 N–H and O–H groups in total. The second-order valence-electron chi connectivity index (χ2n) is 4.91. The summed E-state index contributed by atoms with van der Waals surface area (Å²) in [6, 6.07) is 3.92. The van der Waals surface area contributed by atoms with Gasteiger partial charge in [0.2, 0.25) is 0 Å². The maximum atomic E-state index is 6.18. The lowest BCUT2D eigenvalue weighted by Gasteiger charge is -2.22. The fourth-order valence-corrected chi connectivity index (χ4v) is 3.72. The zero-order chi connectivity index (χ0) is 13.4. The van der Waals surface area contributed by atoms with Crippen LogP contribution in [0.3, 0.4) is 0 Å². The molecule has 1 aromatic carbocycles. The molecule has 0 saturated carbocycles. The molecule has 1 aliphatic heterocycles. The number of ether oxygens (including phenoxy) is 1. The van der Waals surface area contributed by atoms with E-state index >= 15 is 0 Å². The van der Waals surface area contributed by atoms with E-state index in [2.05, 4.69) is 26.2 Å². The average molecular weight is 344 g/mol. The van der Waals surface area contributed by atoms with Crippen molar-refractivity contribution in [1.29, 1.82) is 0 Å². The number of nitrogens with one attached hydrogen (secondary N) is 2. The van der Waals surface area contributed by atoms with Crippen molar-refractivity contribution in [3.05, 3.63) is 27.3 Å². The highest BCUT2D eigenvalue weighted by molar-refractivity contribution is 9.10. The van der Waals surface area contributed by atoms with Gasteiger partial charge in [0.05, 0.1) is 12.1 Å². The second kappa shape index (κ2) is 5.35. The lowest BCUT2D eigenvalue weighted by molar-refractivity contribution is 0.415. The molecule has 2 heterocycles. The van der Waals surface area contributed by atoms with E-state index in [4.69, 9.17) is 16.3 Å². The summed E-state index contributed by atoms with van der Waals surface area (Å²) in [6.45, 7) is 2.16. The smallest absolute Gasteiger partial charge is 0.138 e. The number of halogens is 2. The van der Waals surface area contributed by atoms with E-state index in [9.17, 15) is 0 Å².